The number of rotatable bonds is 4. The second-order valence-electron chi connectivity index (χ2n) is 3.24. The van der Waals surface area contributed by atoms with E-state index in [1.165, 1.54) is 6.92 Å². The molecule has 0 atom stereocenters. The molecular weight excluding hydrogens is 274 g/mol. The summed E-state index contributed by atoms with van der Waals surface area (Å²) in [5.41, 5.74) is -2.80. The van der Waals surface area contributed by atoms with E-state index in [1.54, 1.807) is 0 Å². The highest BCUT2D eigenvalue weighted by molar-refractivity contribution is 5.89. The van der Waals surface area contributed by atoms with Gasteiger partial charge in [0.15, 0.2) is 5.75 Å². The van der Waals surface area contributed by atoms with E-state index in [0.717, 1.165) is 6.20 Å². The van der Waals surface area contributed by atoms with Gasteiger partial charge in [-0.05, 0) is 6.92 Å². The molecule has 0 unspecified atom stereocenters. The summed E-state index contributed by atoms with van der Waals surface area (Å²) >= 11 is 0. The average Bonchev–Trinajstić information content (AvgIpc) is 2.30. The van der Waals surface area contributed by atoms with Gasteiger partial charge in [0.25, 0.3) is 0 Å². The molecule has 0 aromatic carbocycles. The van der Waals surface area contributed by atoms with Crippen LogP contribution in [0.15, 0.2) is 11.0 Å². The van der Waals surface area contributed by atoms with Crippen LogP contribution in [0, 0.1) is 0 Å². The normalized spacial score (nSPS) is 11.2. The molecule has 19 heavy (non-hydrogen) atoms. The van der Waals surface area contributed by atoms with Gasteiger partial charge < -0.3 is 14.5 Å². The maximum atomic E-state index is 12.5. The zero-order valence-corrected chi connectivity index (χ0v) is 9.64. The van der Waals surface area contributed by atoms with Crippen molar-refractivity contribution >= 4 is 5.97 Å². The monoisotopic (exact) mass is 283 g/mol. The van der Waals surface area contributed by atoms with Gasteiger partial charge in [0.2, 0.25) is 5.43 Å². The molecule has 1 rings (SSSR count). The van der Waals surface area contributed by atoms with Gasteiger partial charge in [-0.3, -0.25) is 4.79 Å². The van der Waals surface area contributed by atoms with Gasteiger partial charge in [-0.1, -0.05) is 0 Å². The number of halogens is 4. The van der Waals surface area contributed by atoms with Gasteiger partial charge in [-0.25, -0.2) is 9.18 Å². The summed E-state index contributed by atoms with van der Waals surface area (Å²) in [6.07, 6.45) is -4.40. The number of esters is 1. The Morgan fingerprint density at radius 1 is 1.42 bits per heavy atom. The number of H-pyrrole nitrogens is 1. The molecule has 0 radical (unpaired) electrons. The van der Waals surface area contributed by atoms with Gasteiger partial charge in [-0.2, -0.15) is 0 Å². The molecule has 5 nitrogen and oxygen atoms in total. The molecule has 0 aliphatic carbocycles. The van der Waals surface area contributed by atoms with Crippen LogP contribution in [0.25, 0.3) is 0 Å². The first-order chi connectivity index (χ1) is 8.80. The highest BCUT2D eigenvalue weighted by atomic mass is 19.4. The van der Waals surface area contributed by atoms with Gasteiger partial charge in [0, 0.05) is 6.20 Å². The summed E-state index contributed by atoms with van der Waals surface area (Å²) in [5, 5.41) is 0. The molecule has 0 aliphatic rings. The Morgan fingerprint density at radius 3 is 2.53 bits per heavy atom. The van der Waals surface area contributed by atoms with Crippen LogP contribution in [-0.2, 0) is 11.4 Å². The predicted molar refractivity (Wildman–Crippen MR) is 54.5 cm³/mol. The summed E-state index contributed by atoms with van der Waals surface area (Å²) in [4.78, 5) is 25.0. The zero-order valence-electron chi connectivity index (χ0n) is 9.64. The Balaban J connectivity index is 3.30. The zero-order chi connectivity index (χ0) is 14.6. The number of hydrogen-bond donors (Lipinski definition) is 1. The van der Waals surface area contributed by atoms with E-state index in [4.69, 9.17) is 0 Å². The van der Waals surface area contributed by atoms with E-state index >= 15 is 0 Å². The van der Waals surface area contributed by atoms with Gasteiger partial charge in [0.05, 0.1) is 12.3 Å². The van der Waals surface area contributed by atoms with Crippen LogP contribution >= 0.6 is 0 Å². The predicted octanol–water partition coefficient (Wildman–Crippen LogP) is 1.92. The number of aromatic amines is 1. The third-order valence-electron chi connectivity index (χ3n) is 1.96. The first kappa shape index (κ1) is 15.0. The molecule has 1 heterocycles. The van der Waals surface area contributed by atoms with E-state index in [-0.39, 0.29) is 6.61 Å². The smallest absolute Gasteiger partial charge is 0.462 e. The molecule has 0 aliphatic heterocycles. The van der Waals surface area contributed by atoms with Crippen molar-refractivity contribution in [2.75, 3.05) is 6.61 Å². The first-order valence-corrected chi connectivity index (χ1v) is 5.03. The summed E-state index contributed by atoms with van der Waals surface area (Å²) < 4.78 is 56.7. The van der Waals surface area contributed by atoms with Crippen molar-refractivity contribution < 1.29 is 31.8 Å². The second kappa shape index (κ2) is 5.72. The quantitative estimate of drug-likeness (QED) is 0.677. The van der Waals surface area contributed by atoms with Crippen LogP contribution in [0.2, 0.25) is 0 Å². The van der Waals surface area contributed by atoms with Crippen molar-refractivity contribution in [1.29, 1.82) is 0 Å². The minimum Gasteiger partial charge on any atom is -0.462 e. The van der Waals surface area contributed by atoms with Gasteiger partial charge >= 0.3 is 12.3 Å². The van der Waals surface area contributed by atoms with Crippen LogP contribution in [-0.4, -0.2) is 23.9 Å². The Kier molecular flexibility index (Phi) is 4.52. The lowest BCUT2D eigenvalue weighted by Gasteiger charge is -2.12. The fourth-order valence-corrected chi connectivity index (χ4v) is 1.23. The van der Waals surface area contributed by atoms with Crippen LogP contribution in [0.3, 0.4) is 0 Å². The minimum atomic E-state index is -5.18. The van der Waals surface area contributed by atoms with Crippen molar-refractivity contribution in [2.24, 2.45) is 0 Å². The fraction of sp³-hybridized carbons (Fsp3) is 0.400. The van der Waals surface area contributed by atoms with Crippen LogP contribution in [0.5, 0.6) is 5.75 Å². The number of pyridine rings is 1. The highest BCUT2D eigenvalue weighted by Crippen LogP contribution is 2.23. The van der Waals surface area contributed by atoms with Crippen LogP contribution in [0.4, 0.5) is 17.6 Å². The molecule has 0 amide bonds. The molecular formula is C10H9F4NO4. The highest BCUT2D eigenvalue weighted by Gasteiger charge is 2.34. The summed E-state index contributed by atoms with van der Waals surface area (Å²) in [5.74, 6) is -2.43. The third-order valence-corrected chi connectivity index (χ3v) is 1.96. The SMILES string of the molecule is CCOC(=O)c1c[nH]c(CF)c(OC(F)(F)F)c1=O. The molecule has 1 aromatic rings. The van der Waals surface area contributed by atoms with Crippen molar-refractivity contribution in [2.45, 2.75) is 20.0 Å². The number of ether oxygens (including phenoxy) is 2. The molecule has 1 N–H and O–H groups in total. The topological polar surface area (TPSA) is 68.4 Å². The molecule has 0 bridgehead atoms. The number of alkyl halides is 4. The van der Waals surface area contributed by atoms with Crippen molar-refractivity contribution in [3.05, 3.63) is 27.7 Å². The second-order valence-corrected chi connectivity index (χ2v) is 3.24. The molecule has 106 valence electrons. The van der Waals surface area contributed by atoms with Gasteiger partial charge in [0.1, 0.15) is 12.2 Å². The molecule has 0 fully saturated rings. The van der Waals surface area contributed by atoms with Crippen LogP contribution in [0.1, 0.15) is 23.0 Å². The Hall–Kier alpha value is -2.06. The standard InChI is InChI=1S/C10H9F4NO4/c1-2-18-9(17)5-4-15-6(3-11)8(7(5)16)19-10(12,13)14/h4H,2-3H2,1H3,(H,15,16). The number of nitrogens with one attached hydrogen (secondary N) is 1. The number of hydrogen-bond acceptors (Lipinski definition) is 4. The maximum Gasteiger partial charge on any atom is 0.573 e. The first-order valence-electron chi connectivity index (χ1n) is 5.03. The lowest BCUT2D eigenvalue weighted by Crippen LogP contribution is -2.27. The van der Waals surface area contributed by atoms with Crippen molar-refractivity contribution in [3.63, 3.8) is 0 Å². The molecule has 0 spiro atoms. The van der Waals surface area contributed by atoms with E-state index in [9.17, 15) is 27.2 Å². The van der Waals surface area contributed by atoms with E-state index in [1.807, 2.05) is 0 Å². The van der Waals surface area contributed by atoms with Crippen molar-refractivity contribution in [3.8, 4) is 5.75 Å². The largest absolute Gasteiger partial charge is 0.573 e. The lowest BCUT2D eigenvalue weighted by atomic mass is 10.2. The van der Waals surface area contributed by atoms with Gasteiger partial charge in [-0.15, -0.1) is 13.2 Å². The van der Waals surface area contributed by atoms with E-state index < -0.39 is 41.4 Å². The number of carbonyl (C=O) groups is 1. The summed E-state index contributed by atoms with van der Waals surface area (Å²) in [7, 11) is 0. The molecule has 0 saturated carbocycles. The lowest BCUT2D eigenvalue weighted by molar-refractivity contribution is -0.275. The number of carbonyl (C=O) groups excluding carboxylic acids is 1. The molecule has 1 aromatic heterocycles. The average molecular weight is 283 g/mol. The van der Waals surface area contributed by atoms with E-state index in [2.05, 4.69) is 14.5 Å². The Bertz CT molecular complexity index is 523. The Morgan fingerprint density at radius 2 is 2.05 bits per heavy atom. The maximum absolute atomic E-state index is 12.5. The summed E-state index contributed by atoms with van der Waals surface area (Å²) in [6.45, 7) is -0.00248. The van der Waals surface area contributed by atoms with Crippen molar-refractivity contribution in [1.82, 2.24) is 4.98 Å². The summed E-state index contributed by atoms with van der Waals surface area (Å²) in [6, 6.07) is 0. The van der Waals surface area contributed by atoms with Crippen LogP contribution < -0.4 is 10.2 Å². The van der Waals surface area contributed by atoms with E-state index in [0.29, 0.717) is 0 Å². The molecule has 9 heteroatoms. The Labute approximate surface area is 104 Å². The fourth-order valence-electron chi connectivity index (χ4n) is 1.23. The molecule has 0 saturated heterocycles. The minimum absolute atomic E-state index is 0.0708. The third kappa shape index (κ3) is 3.70. The number of aromatic nitrogens is 1.